The van der Waals surface area contributed by atoms with E-state index in [0.717, 1.165) is 16.5 Å². The minimum absolute atomic E-state index is 0.0198. The first-order valence-electron chi connectivity index (χ1n) is 7.39. The zero-order valence-corrected chi connectivity index (χ0v) is 13.3. The fourth-order valence-electron chi connectivity index (χ4n) is 3.02. The van der Waals surface area contributed by atoms with Gasteiger partial charge in [-0.15, -0.1) is 0 Å². The van der Waals surface area contributed by atoms with Crippen LogP contribution in [0.2, 0.25) is 5.02 Å². The van der Waals surface area contributed by atoms with E-state index in [0.29, 0.717) is 10.6 Å². The standard InChI is InChI=1S/C18H14ClN3O2/c19-11-1-3-13-15(9-21-16(13)7-11)18(22-6-5-20-10-22)14-4-2-12(23)8-17(14)24/h1-10,18,21,23-24H. The molecule has 0 fully saturated rings. The third-order valence-corrected chi connectivity index (χ3v) is 4.34. The highest BCUT2D eigenvalue weighted by Gasteiger charge is 2.22. The van der Waals surface area contributed by atoms with Crippen LogP contribution in [0.4, 0.5) is 0 Å². The van der Waals surface area contributed by atoms with Crippen LogP contribution in [-0.2, 0) is 0 Å². The Hall–Kier alpha value is -2.92. The average molecular weight is 340 g/mol. The third kappa shape index (κ3) is 2.39. The number of hydrogen-bond donors (Lipinski definition) is 3. The number of phenolic OH excluding ortho intramolecular Hbond substituents is 2. The van der Waals surface area contributed by atoms with Crippen molar-refractivity contribution in [3.63, 3.8) is 0 Å². The average Bonchev–Trinajstić information content (AvgIpc) is 3.20. The van der Waals surface area contributed by atoms with E-state index < -0.39 is 0 Å². The second-order valence-corrected chi connectivity index (χ2v) is 6.03. The Morgan fingerprint density at radius 2 is 1.96 bits per heavy atom. The number of halogens is 1. The number of hydrogen-bond acceptors (Lipinski definition) is 3. The van der Waals surface area contributed by atoms with Gasteiger partial charge in [0, 0.05) is 51.7 Å². The molecule has 1 atom stereocenters. The Morgan fingerprint density at radius 3 is 2.71 bits per heavy atom. The number of aromatic amines is 1. The smallest absolute Gasteiger partial charge is 0.124 e. The van der Waals surface area contributed by atoms with Gasteiger partial charge in [0.25, 0.3) is 0 Å². The molecule has 3 N–H and O–H groups in total. The Labute approximate surface area is 142 Å². The van der Waals surface area contributed by atoms with Crippen molar-refractivity contribution in [1.29, 1.82) is 0 Å². The van der Waals surface area contributed by atoms with Crippen LogP contribution < -0.4 is 0 Å². The Morgan fingerprint density at radius 1 is 1.08 bits per heavy atom. The molecule has 0 aliphatic heterocycles. The number of aromatic nitrogens is 3. The van der Waals surface area contributed by atoms with E-state index in [1.807, 2.05) is 35.2 Å². The Balaban J connectivity index is 1.96. The molecule has 0 amide bonds. The molecule has 2 aromatic carbocycles. The van der Waals surface area contributed by atoms with Crippen LogP contribution in [0.3, 0.4) is 0 Å². The van der Waals surface area contributed by atoms with Crippen molar-refractivity contribution in [2.24, 2.45) is 0 Å². The van der Waals surface area contributed by atoms with Gasteiger partial charge in [0.05, 0.1) is 12.4 Å². The van der Waals surface area contributed by atoms with Crippen molar-refractivity contribution >= 4 is 22.5 Å². The summed E-state index contributed by atoms with van der Waals surface area (Å²) in [5.74, 6) is 0.0448. The molecule has 4 rings (SSSR count). The molecule has 0 saturated carbocycles. The zero-order valence-electron chi connectivity index (χ0n) is 12.5. The summed E-state index contributed by atoms with van der Waals surface area (Å²) < 4.78 is 1.91. The van der Waals surface area contributed by atoms with Crippen LogP contribution in [0.5, 0.6) is 11.5 Å². The maximum Gasteiger partial charge on any atom is 0.124 e. The molecule has 1 unspecified atom stereocenters. The number of fused-ring (bicyclic) bond motifs is 1. The number of nitrogens with one attached hydrogen (secondary N) is 1. The van der Waals surface area contributed by atoms with Gasteiger partial charge in [0.1, 0.15) is 11.5 Å². The summed E-state index contributed by atoms with van der Waals surface area (Å²) in [6.07, 6.45) is 7.13. The number of nitrogens with zero attached hydrogens (tertiary/aromatic N) is 2. The second-order valence-electron chi connectivity index (χ2n) is 5.59. The molecule has 24 heavy (non-hydrogen) atoms. The molecule has 0 aliphatic rings. The number of aromatic hydroxyl groups is 2. The van der Waals surface area contributed by atoms with Gasteiger partial charge < -0.3 is 19.8 Å². The molecule has 6 heteroatoms. The van der Waals surface area contributed by atoms with Crippen molar-refractivity contribution in [2.75, 3.05) is 0 Å². The predicted octanol–water partition coefficient (Wildman–Crippen LogP) is 4.07. The molecule has 2 heterocycles. The van der Waals surface area contributed by atoms with Crippen LogP contribution in [0, 0.1) is 0 Å². The lowest BCUT2D eigenvalue weighted by Gasteiger charge is -2.20. The van der Waals surface area contributed by atoms with Crippen molar-refractivity contribution in [3.05, 3.63) is 77.5 Å². The summed E-state index contributed by atoms with van der Waals surface area (Å²) in [5, 5.41) is 21.6. The maximum atomic E-state index is 10.4. The molecule has 0 bridgehead atoms. The van der Waals surface area contributed by atoms with Crippen molar-refractivity contribution in [1.82, 2.24) is 14.5 Å². The molecule has 4 aromatic rings. The minimum Gasteiger partial charge on any atom is -0.508 e. The van der Waals surface area contributed by atoms with Crippen LogP contribution >= 0.6 is 11.6 Å². The van der Waals surface area contributed by atoms with Crippen LogP contribution in [0.15, 0.2) is 61.3 Å². The molecule has 5 nitrogen and oxygen atoms in total. The zero-order chi connectivity index (χ0) is 16.7. The minimum atomic E-state index is -0.289. The van der Waals surface area contributed by atoms with Crippen molar-refractivity contribution in [3.8, 4) is 11.5 Å². The first kappa shape index (κ1) is 14.7. The second kappa shape index (κ2) is 5.62. The number of benzene rings is 2. The lowest BCUT2D eigenvalue weighted by molar-refractivity contribution is 0.441. The SMILES string of the molecule is Oc1ccc(C(c2c[nH]c3cc(Cl)ccc23)n2ccnc2)c(O)c1. The number of rotatable bonds is 3. The molecular formula is C18H14ClN3O2. The molecule has 0 radical (unpaired) electrons. The lowest BCUT2D eigenvalue weighted by Crippen LogP contribution is -2.10. The van der Waals surface area contributed by atoms with Gasteiger partial charge in [-0.05, 0) is 24.3 Å². The molecule has 2 aromatic heterocycles. The van der Waals surface area contributed by atoms with Crippen molar-refractivity contribution in [2.45, 2.75) is 6.04 Å². The molecule has 0 aliphatic carbocycles. The summed E-state index contributed by atoms with van der Waals surface area (Å²) in [4.78, 5) is 7.34. The summed E-state index contributed by atoms with van der Waals surface area (Å²) in [7, 11) is 0. The van der Waals surface area contributed by atoms with Crippen LogP contribution in [0.1, 0.15) is 17.2 Å². The fourth-order valence-corrected chi connectivity index (χ4v) is 3.19. The van der Waals surface area contributed by atoms with E-state index in [1.54, 1.807) is 24.7 Å². The van der Waals surface area contributed by atoms with E-state index in [1.165, 1.54) is 6.07 Å². The van der Waals surface area contributed by atoms with Crippen molar-refractivity contribution < 1.29 is 10.2 Å². The number of phenols is 2. The van der Waals surface area contributed by atoms with E-state index >= 15 is 0 Å². The number of imidazole rings is 1. The highest BCUT2D eigenvalue weighted by molar-refractivity contribution is 6.31. The van der Waals surface area contributed by atoms with Gasteiger partial charge in [-0.25, -0.2) is 4.98 Å². The van der Waals surface area contributed by atoms with Gasteiger partial charge in [0.15, 0.2) is 0 Å². The lowest BCUT2D eigenvalue weighted by atomic mass is 9.97. The monoisotopic (exact) mass is 339 g/mol. The third-order valence-electron chi connectivity index (χ3n) is 4.10. The van der Waals surface area contributed by atoms with Crippen LogP contribution in [-0.4, -0.2) is 24.7 Å². The maximum absolute atomic E-state index is 10.4. The van der Waals surface area contributed by atoms with Gasteiger partial charge in [-0.1, -0.05) is 17.7 Å². The molecule has 0 saturated heterocycles. The highest BCUT2D eigenvalue weighted by atomic mass is 35.5. The number of H-pyrrole nitrogens is 1. The van der Waals surface area contributed by atoms with Gasteiger partial charge >= 0.3 is 0 Å². The first-order chi connectivity index (χ1) is 11.6. The van der Waals surface area contributed by atoms with E-state index in [2.05, 4.69) is 9.97 Å². The fraction of sp³-hybridized carbons (Fsp3) is 0.0556. The molecule has 0 spiro atoms. The topological polar surface area (TPSA) is 74.1 Å². The quantitative estimate of drug-likeness (QED) is 0.527. The largest absolute Gasteiger partial charge is 0.508 e. The summed E-state index contributed by atoms with van der Waals surface area (Å²) in [6.45, 7) is 0. The summed E-state index contributed by atoms with van der Waals surface area (Å²) in [6, 6.07) is 9.97. The highest BCUT2D eigenvalue weighted by Crippen LogP contribution is 2.38. The van der Waals surface area contributed by atoms with Gasteiger partial charge in [-0.3, -0.25) is 0 Å². The Bertz CT molecular complexity index is 1010. The summed E-state index contributed by atoms with van der Waals surface area (Å²) in [5.41, 5.74) is 2.56. The molecular weight excluding hydrogens is 326 g/mol. The summed E-state index contributed by atoms with van der Waals surface area (Å²) >= 11 is 6.06. The van der Waals surface area contributed by atoms with E-state index in [9.17, 15) is 10.2 Å². The Kier molecular flexibility index (Phi) is 3.43. The van der Waals surface area contributed by atoms with E-state index in [4.69, 9.17) is 11.6 Å². The van der Waals surface area contributed by atoms with Gasteiger partial charge in [0.2, 0.25) is 0 Å². The van der Waals surface area contributed by atoms with Gasteiger partial charge in [-0.2, -0.15) is 0 Å². The predicted molar refractivity (Wildman–Crippen MR) is 92.5 cm³/mol. The van der Waals surface area contributed by atoms with E-state index in [-0.39, 0.29) is 17.5 Å². The molecule has 120 valence electrons. The normalized spacial score (nSPS) is 12.5. The van der Waals surface area contributed by atoms with Crippen LogP contribution in [0.25, 0.3) is 10.9 Å². The first-order valence-corrected chi connectivity index (χ1v) is 7.77.